The summed E-state index contributed by atoms with van der Waals surface area (Å²) in [6.07, 6.45) is 6.07. The van der Waals surface area contributed by atoms with Crippen LogP contribution in [-0.4, -0.2) is 38.2 Å². The number of nitrogens with two attached hydrogens (primary N) is 1. The average molecular weight is 331 g/mol. The normalized spacial score (nSPS) is 27.6. The maximum absolute atomic E-state index is 12.6. The van der Waals surface area contributed by atoms with Crippen molar-refractivity contribution < 1.29 is 9.53 Å². The molecule has 24 heavy (non-hydrogen) atoms. The fourth-order valence-corrected chi connectivity index (χ4v) is 3.92. The van der Waals surface area contributed by atoms with Gasteiger partial charge in [-0.25, -0.2) is 0 Å². The monoisotopic (exact) mass is 331 g/mol. The molecular formula is C19H29N3O2. The lowest BCUT2D eigenvalue weighted by atomic mass is 9.85. The molecule has 1 aromatic carbocycles. The quantitative estimate of drug-likeness (QED) is 0.888. The molecule has 1 aliphatic heterocycles. The van der Waals surface area contributed by atoms with E-state index in [1.807, 2.05) is 12.1 Å². The predicted octanol–water partition coefficient (Wildman–Crippen LogP) is 2.30. The molecule has 0 radical (unpaired) electrons. The number of carbonyl (C=O) groups is 1. The molecule has 2 aliphatic rings. The van der Waals surface area contributed by atoms with E-state index in [1.165, 1.54) is 0 Å². The van der Waals surface area contributed by atoms with Crippen LogP contribution in [0.5, 0.6) is 5.75 Å². The van der Waals surface area contributed by atoms with E-state index in [-0.39, 0.29) is 23.9 Å². The van der Waals surface area contributed by atoms with Gasteiger partial charge in [0, 0.05) is 42.8 Å². The molecule has 3 N–H and O–H groups in total. The number of nitrogens with zero attached hydrogens (tertiary/aromatic N) is 1. The number of rotatable bonds is 4. The molecule has 1 saturated heterocycles. The second kappa shape index (κ2) is 7.88. The summed E-state index contributed by atoms with van der Waals surface area (Å²) in [7, 11) is 1.69. The number of anilines is 1. The fraction of sp³-hybridized carbons (Fsp3) is 0.632. The fourth-order valence-electron chi connectivity index (χ4n) is 3.92. The predicted molar refractivity (Wildman–Crippen MR) is 96.3 cm³/mol. The van der Waals surface area contributed by atoms with Gasteiger partial charge in [0.05, 0.1) is 7.11 Å². The van der Waals surface area contributed by atoms with E-state index in [1.54, 1.807) is 7.11 Å². The minimum absolute atomic E-state index is 0.0981. The third kappa shape index (κ3) is 4.20. The van der Waals surface area contributed by atoms with Gasteiger partial charge < -0.3 is 20.7 Å². The van der Waals surface area contributed by atoms with Crippen LogP contribution < -0.4 is 20.7 Å². The van der Waals surface area contributed by atoms with Crippen molar-refractivity contribution in [1.82, 2.24) is 5.32 Å². The minimum atomic E-state index is 0.0981. The van der Waals surface area contributed by atoms with Crippen LogP contribution in [0.4, 0.5) is 5.69 Å². The summed E-state index contributed by atoms with van der Waals surface area (Å²) < 4.78 is 5.32. The van der Waals surface area contributed by atoms with Crippen LogP contribution in [0.1, 0.15) is 38.5 Å². The van der Waals surface area contributed by atoms with Crippen LogP contribution in [0, 0.1) is 5.92 Å². The van der Waals surface area contributed by atoms with Crippen LogP contribution in [-0.2, 0) is 4.79 Å². The molecule has 3 unspecified atom stereocenters. The molecule has 1 aliphatic carbocycles. The number of piperidine rings is 1. The Morgan fingerprint density at radius 2 is 2.17 bits per heavy atom. The Bertz CT molecular complexity index is 563. The number of nitrogens with one attached hydrogen (secondary N) is 1. The van der Waals surface area contributed by atoms with E-state index in [0.29, 0.717) is 0 Å². The lowest BCUT2D eigenvalue weighted by Gasteiger charge is -2.36. The number of hydrogen-bond donors (Lipinski definition) is 2. The molecule has 2 fully saturated rings. The summed E-state index contributed by atoms with van der Waals surface area (Å²) in [5.74, 6) is 1.17. The Morgan fingerprint density at radius 1 is 1.29 bits per heavy atom. The van der Waals surface area contributed by atoms with Crippen LogP contribution in [0.3, 0.4) is 0 Å². The maximum Gasteiger partial charge on any atom is 0.223 e. The van der Waals surface area contributed by atoms with E-state index in [4.69, 9.17) is 10.5 Å². The van der Waals surface area contributed by atoms with Crippen molar-refractivity contribution in [3.8, 4) is 5.75 Å². The lowest BCUT2D eigenvalue weighted by Crippen LogP contribution is -2.50. The van der Waals surface area contributed by atoms with Crippen molar-refractivity contribution in [2.75, 3.05) is 25.1 Å². The first-order valence-electron chi connectivity index (χ1n) is 9.10. The first-order chi connectivity index (χ1) is 11.7. The van der Waals surface area contributed by atoms with Gasteiger partial charge in [-0.1, -0.05) is 12.5 Å². The van der Waals surface area contributed by atoms with Crippen molar-refractivity contribution >= 4 is 11.6 Å². The van der Waals surface area contributed by atoms with Crippen LogP contribution in [0.15, 0.2) is 24.3 Å². The van der Waals surface area contributed by atoms with Gasteiger partial charge in [0.2, 0.25) is 5.91 Å². The zero-order valence-corrected chi connectivity index (χ0v) is 14.5. The molecule has 5 heteroatoms. The van der Waals surface area contributed by atoms with Gasteiger partial charge in [-0.15, -0.1) is 0 Å². The second-order valence-corrected chi connectivity index (χ2v) is 7.12. The van der Waals surface area contributed by atoms with E-state index >= 15 is 0 Å². The Balaban J connectivity index is 1.58. The molecule has 1 amide bonds. The Morgan fingerprint density at radius 3 is 2.96 bits per heavy atom. The van der Waals surface area contributed by atoms with Gasteiger partial charge in [-0.3, -0.25) is 4.79 Å². The van der Waals surface area contributed by atoms with E-state index in [0.717, 1.165) is 63.1 Å². The summed E-state index contributed by atoms with van der Waals surface area (Å²) in [4.78, 5) is 14.9. The molecule has 5 nitrogen and oxygen atoms in total. The smallest absolute Gasteiger partial charge is 0.223 e. The van der Waals surface area contributed by atoms with Crippen molar-refractivity contribution in [2.24, 2.45) is 11.7 Å². The highest BCUT2D eigenvalue weighted by atomic mass is 16.5. The molecule has 0 spiro atoms. The van der Waals surface area contributed by atoms with Crippen molar-refractivity contribution in [2.45, 2.75) is 50.6 Å². The molecular weight excluding hydrogens is 302 g/mol. The number of methoxy groups -OCH3 is 1. The molecule has 1 aromatic rings. The summed E-state index contributed by atoms with van der Waals surface area (Å²) in [5.41, 5.74) is 7.18. The van der Waals surface area contributed by atoms with Crippen LogP contribution >= 0.6 is 0 Å². The Hall–Kier alpha value is -1.75. The number of hydrogen-bond acceptors (Lipinski definition) is 4. The van der Waals surface area contributed by atoms with Crippen LogP contribution in [0.2, 0.25) is 0 Å². The van der Waals surface area contributed by atoms with Crippen LogP contribution in [0.25, 0.3) is 0 Å². The standard InChI is InChI=1S/C19H29N3O2/c1-24-18-9-3-8-17(12-18)22-10-4-7-16(13-22)21-19(23)14-5-2-6-15(20)11-14/h3,8-9,12,14-16H,2,4-7,10-11,13,20H2,1H3,(H,21,23). The highest BCUT2D eigenvalue weighted by Crippen LogP contribution is 2.26. The average Bonchev–Trinajstić information content (AvgIpc) is 2.62. The highest BCUT2D eigenvalue weighted by molar-refractivity contribution is 5.79. The van der Waals surface area contributed by atoms with E-state index in [9.17, 15) is 4.79 Å². The Kier molecular flexibility index (Phi) is 5.61. The minimum Gasteiger partial charge on any atom is -0.497 e. The molecule has 0 bridgehead atoms. The third-order valence-corrected chi connectivity index (χ3v) is 5.27. The molecule has 0 aromatic heterocycles. The largest absolute Gasteiger partial charge is 0.497 e. The second-order valence-electron chi connectivity index (χ2n) is 7.12. The first kappa shape index (κ1) is 17.1. The SMILES string of the molecule is COc1cccc(N2CCCC(NC(=O)C3CCCC(N)C3)C2)c1. The summed E-state index contributed by atoms with van der Waals surface area (Å²) in [6.45, 7) is 1.88. The highest BCUT2D eigenvalue weighted by Gasteiger charge is 2.28. The Labute approximate surface area is 144 Å². The third-order valence-electron chi connectivity index (χ3n) is 5.27. The van der Waals surface area contributed by atoms with Gasteiger partial charge in [-0.05, 0) is 44.2 Å². The van der Waals surface area contributed by atoms with Crippen molar-refractivity contribution in [1.29, 1.82) is 0 Å². The molecule has 1 heterocycles. The summed E-state index contributed by atoms with van der Waals surface area (Å²) in [6, 6.07) is 8.54. The molecule has 132 valence electrons. The van der Waals surface area contributed by atoms with E-state index in [2.05, 4.69) is 22.3 Å². The zero-order chi connectivity index (χ0) is 16.9. The maximum atomic E-state index is 12.6. The van der Waals surface area contributed by atoms with Crippen molar-refractivity contribution in [3.63, 3.8) is 0 Å². The first-order valence-corrected chi connectivity index (χ1v) is 9.10. The zero-order valence-electron chi connectivity index (χ0n) is 14.5. The number of carbonyl (C=O) groups excluding carboxylic acids is 1. The van der Waals surface area contributed by atoms with Gasteiger partial charge in [0.25, 0.3) is 0 Å². The van der Waals surface area contributed by atoms with Gasteiger partial charge in [-0.2, -0.15) is 0 Å². The van der Waals surface area contributed by atoms with Crippen molar-refractivity contribution in [3.05, 3.63) is 24.3 Å². The number of benzene rings is 1. The van der Waals surface area contributed by atoms with Gasteiger partial charge in [0.15, 0.2) is 0 Å². The molecule has 3 atom stereocenters. The lowest BCUT2D eigenvalue weighted by molar-refractivity contribution is -0.126. The molecule has 3 rings (SSSR count). The van der Waals surface area contributed by atoms with Gasteiger partial charge in [0.1, 0.15) is 5.75 Å². The number of ether oxygens (including phenoxy) is 1. The van der Waals surface area contributed by atoms with E-state index < -0.39 is 0 Å². The number of amides is 1. The molecule has 1 saturated carbocycles. The summed E-state index contributed by atoms with van der Waals surface area (Å²) in [5, 5.41) is 3.27. The summed E-state index contributed by atoms with van der Waals surface area (Å²) >= 11 is 0. The topological polar surface area (TPSA) is 67.6 Å². The van der Waals surface area contributed by atoms with Gasteiger partial charge >= 0.3 is 0 Å².